The van der Waals surface area contributed by atoms with Gasteiger partial charge in [0, 0.05) is 31.2 Å². The van der Waals surface area contributed by atoms with Crippen molar-refractivity contribution in [3.63, 3.8) is 0 Å². The van der Waals surface area contributed by atoms with Crippen LogP contribution in [0, 0.1) is 0 Å². The zero-order valence-electron chi connectivity index (χ0n) is 14.9. The van der Waals surface area contributed by atoms with E-state index >= 15 is 0 Å². The molecule has 0 spiro atoms. The molecule has 1 saturated heterocycles. The van der Waals surface area contributed by atoms with E-state index in [1.807, 2.05) is 30.8 Å². The molecule has 2 aromatic carbocycles. The highest BCUT2D eigenvalue weighted by Gasteiger charge is 2.32. The summed E-state index contributed by atoms with van der Waals surface area (Å²) in [6, 6.07) is 17.1. The molecular formula is C20H24N2OS2. The van der Waals surface area contributed by atoms with Crippen molar-refractivity contribution < 1.29 is 4.79 Å². The van der Waals surface area contributed by atoms with Gasteiger partial charge < -0.3 is 9.80 Å². The summed E-state index contributed by atoms with van der Waals surface area (Å²) >= 11 is 3.56. The first kappa shape index (κ1) is 18.2. The van der Waals surface area contributed by atoms with Gasteiger partial charge in [-0.3, -0.25) is 4.79 Å². The van der Waals surface area contributed by atoms with Gasteiger partial charge in [-0.15, -0.1) is 23.5 Å². The van der Waals surface area contributed by atoms with Crippen LogP contribution in [0.2, 0.25) is 0 Å². The first-order chi connectivity index (χ1) is 12.1. The lowest BCUT2D eigenvalue weighted by Gasteiger charge is -2.25. The molecule has 132 valence electrons. The molecule has 0 bridgehead atoms. The van der Waals surface area contributed by atoms with Gasteiger partial charge >= 0.3 is 0 Å². The summed E-state index contributed by atoms with van der Waals surface area (Å²) in [6.45, 7) is 2.82. The maximum atomic E-state index is 12.4. The molecule has 25 heavy (non-hydrogen) atoms. The molecule has 0 radical (unpaired) electrons. The van der Waals surface area contributed by atoms with Crippen LogP contribution in [0.15, 0.2) is 53.4 Å². The molecule has 1 aliphatic heterocycles. The molecule has 0 aliphatic carbocycles. The molecule has 3 nitrogen and oxygen atoms in total. The third kappa shape index (κ3) is 4.33. The zero-order valence-corrected chi connectivity index (χ0v) is 16.6. The summed E-state index contributed by atoms with van der Waals surface area (Å²) in [5, 5.41) is 0.113. The average molecular weight is 373 g/mol. The maximum Gasteiger partial charge on any atom is 0.234 e. The van der Waals surface area contributed by atoms with Crippen LogP contribution in [0.1, 0.15) is 23.4 Å². The molecule has 1 unspecified atom stereocenters. The number of nitrogens with zero attached hydrogens (tertiary/aromatic N) is 2. The topological polar surface area (TPSA) is 23.6 Å². The highest BCUT2D eigenvalue weighted by Crippen LogP contribution is 2.40. The van der Waals surface area contributed by atoms with Gasteiger partial charge in [0.25, 0.3) is 0 Å². The van der Waals surface area contributed by atoms with E-state index in [0.29, 0.717) is 12.3 Å². The minimum atomic E-state index is 0.113. The van der Waals surface area contributed by atoms with Gasteiger partial charge in [-0.2, -0.15) is 0 Å². The summed E-state index contributed by atoms with van der Waals surface area (Å²) in [4.78, 5) is 17.8. The average Bonchev–Trinajstić information content (AvgIpc) is 2.97. The largest absolute Gasteiger partial charge is 0.378 e. The van der Waals surface area contributed by atoms with Gasteiger partial charge in [-0.25, -0.2) is 0 Å². The Balaban J connectivity index is 1.75. The molecule has 1 amide bonds. The predicted octanol–water partition coefficient (Wildman–Crippen LogP) is 4.64. The SMILES string of the molecule is CCSc1ccc(C2SCC(=O)N2Cc2ccc(N(C)C)cc2)cc1. The third-order valence-corrected chi connectivity index (χ3v) is 6.40. The summed E-state index contributed by atoms with van der Waals surface area (Å²) in [5.41, 5.74) is 3.55. The highest BCUT2D eigenvalue weighted by molar-refractivity contribution is 8.00. The molecule has 3 rings (SSSR count). The van der Waals surface area contributed by atoms with E-state index in [4.69, 9.17) is 0 Å². The summed E-state index contributed by atoms with van der Waals surface area (Å²) in [6.07, 6.45) is 0. The van der Waals surface area contributed by atoms with Gasteiger partial charge in [-0.05, 0) is 41.1 Å². The van der Waals surface area contributed by atoms with E-state index in [2.05, 4.69) is 60.4 Å². The van der Waals surface area contributed by atoms with Crippen LogP contribution in [-0.2, 0) is 11.3 Å². The van der Waals surface area contributed by atoms with Crippen LogP contribution in [0.25, 0.3) is 0 Å². The summed E-state index contributed by atoms with van der Waals surface area (Å²) in [7, 11) is 4.07. The normalized spacial score (nSPS) is 17.2. The van der Waals surface area contributed by atoms with Gasteiger partial charge in [-0.1, -0.05) is 31.2 Å². The van der Waals surface area contributed by atoms with Crippen molar-refractivity contribution in [1.82, 2.24) is 4.90 Å². The predicted molar refractivity (Wildman–Crippen MR) is 109 cm³/mol. The number of thioether (sulfide) groups is 2. The van der Waals surface area contributed by atoms with E-state index < -0.39 is 0 Å². The number of benzene rings is 2. The van der Waals surface area contributed by atoms with Crippen LogP contribution in [-0.4, -0.2) is 36.4 Å². The molecule has 1 aliphatic rings. The second kappa shape index (κ2) is 8.19. The van der Waals surface area contributed by atoms with Crippen LogP contribution in [0.3, 0.4) is 0 Å². The molecule has 1 fully saturated rings. The Kier molecular flexibility index (Phi) is 5.97. The second-order valence-corrected chi connectivity index (χ2v) is 8.65. The monoisotopic (exact) mass is 372 g/mol. The number of amides is 1. The van der Waals surface area contributed by atoms with E-state index in [0.717, 1.165) is 5.75 Å². The minimum Gasteiger partial charge on any atom is -0.378 e. The van der Waals surface area contributed by atoms with Gasteiger partial charge in [0.2, 0.25) is 5.91 Å². The first-order valence-corrected chi connectivity index (χ1v) is 10.5. The van der Waals surface area contributed by atoms with Crippen LogP contribution < -0.4 is 4.90 Å². The highest BCUT2D eigenvalue weighted by atomic mass is 32.2. The van der Waals surface area contributed by atoms with Crippen molar-refractivity contribution >= 4 is 35.1 Å². The Bertz CT molecular complexity index is 713. The molecular weight excluding hydrogens is 348 g/mol. The van der Waals surface area contributed by atoms with E-state index in [1.165, 1.54) is 21.7 Å². The summed E-state index contributed by atoms with van der Waals surface area (Å²) in [5.74, 6) is 1.86. The van der Waals surface area contributed by atoms with Crippen molar-refractivity contribution in [3.8, 4) is 0 Å². The molecule has 0 aromatic heterocycles. The standard InChI is InChI=1S/C20H24N2OS2/c1-4-24-18-11-7-16(8-12-18)20-22(19(23)14-25-20)13-15-5-9-17(10-6-15)21(2)3/h5-12,20H,4,13-14H2,1-3H3. The van der Waals surface area contributed by atoms with Crippen LogP contribution >= 0.6 is 23.5 Å². The summed E-state index contributed by atoms with van der Waals surface area (Å²) < 4.78 is 0. The fraction of sp³-hybridized carbons (Fsp3) is 0.350. The zero-order chi connectivity index (χ0) is 17.8. The maximum absolute atomic E-state index is 12.4. The van der Waals surface area contributed by atoms with Gasteiger partial charge in [0.05, 0.1) is 5.75 Å². The van der Waals surface area contributed by atoms with Crippen molar-refractivity contribution in [2.45, 2.75) is 23.7 Å². The van der Waals surface area contributed by atoms with Crippen molar-refractivity contribution in [1.29, 1.82) is 0 Å². The molecule has 0 saturated carbocycles. The van der Waals surface area contributed by atoms with Gasteiger partial charge in [0.15, 0.2) is 0 Å². The van der Waals surface area contributed by atoms with Crippen LogP contribution in [0.5, 0.6) is 0 Å². The number of hydrogen-bond donors (Lipinski definition) is 0. The third-order valence-electron chi connectivity index (χ3n) is 4.25. The molecule has 1 atom stereocenters. The number of anilines is 1. The van der Waals surface area contributed by atoms with Crippen LogP contribution in [0.4, 0.5) is 5.69 Å². The number of carbonyl (C=O) groups is 1. The lowest BCUT2D eigenvalue weighted by atomic mass is 10.1. The Morgan fingerprint density at radius 2 is 1.80 bits per heavy atom. The molecule has 0 N–H and O–H groups in total. The Morgan fingerprint density at radius 1 is 1.12 bits per heavy atom. The van der Waals surface area contributed by atoms with Gasteiger partial charge in [0.1, 0.15) is 5.37 Å². The van der Waals surface area contributed by atoms with E-state index in [-0.39, 0.29) is 11.3 Å². The Labute approximate surface area is 158 Å². The van der Waals surface area contributed by atoms with Crippen molar-refractivity contribution in [2.75, 3.05) is 30.5 Å². The fourth-order valence-corrected chi connectivity index (χ4v) is 4.74. The number of rotatable bonds is 6. The lowest BCUT2D eigenvalue weighted by molar-refractivity contribution is -0.128. The quantitative estimate of drug-likeness (QED) is 0.689. The second-order valence-electron chi connectivity index (χ2n) is 6.25. The number of carbonyl (C=O) groups excluding carboxylic acids is 1. The lowest BCUT2D eigenvalue weighted by Crippen LogP contribution is -2.27. The smallest absolute Gasteiger partial charge is 0.234 e. The molecule has 1 heterocycles. The Morgan fingerprint density at radius 3 is 2.40 bits per heavy atom. The molecule has 2 aromatic rings. The van der Waals surface area contributed by atoms with Crippen molar-refractivity contribution in [2.24, 2.45) is 0 Å². The number of hydrogen-bond acceptors (Lipinski definition) is 4. The van der Waals surface area contributed by atoms with E-state index in [1.54, 1.807) is 11.8 Å². The van der Waals surface area contributed by atoms with Crippen molar-refractivity contribution in [3.05, 3.63) is 59.7 Å². The first-order valence-electron chi connectivity index (χ1n) is 8.48. The minimum absolute atomic E-state index is 0.113. The Hall–Kier alpha value is -1.59. The van der Waals surface area contributed by atoms with E-state index in [9.17, 15) is 4.79 Å². The molecule has 5 heteroatoms. The fourth-order valence-electron chi connectivity index (χ4n) is 2.89.